The molecular formula is C21H20BrNO6. The summed E-state index contributed by atoms with van der Waals surface area (Å²) in [5.41, 5.74) is 0.248. The highest BCUT2D eigenvalue weighted by molar-refractivity contribution is 8.93. The van der Waals surface area contributed by atoms with Gasteiger partial charge in [-0.15, -0.1) is 17.0 Å². The summed E-state index contributed by atoms with van der Waals surface area (Å²) in [6.07, 6.45) is 0.540. The van der Waals surface area contributed by atoms with Crippen LogP contribution in [0.1, 0.15) is 17.0 Å². The zero-order valence-electron chi connectivity index (χ0n) is 15.6. The molecule has 0 amide bonds. The minimum absolute atomic E-state index is 0. The van der Waals surface area contributed by atoms with Gasteiger partial charge in [0.15, 0.2) is 6.10 Å². The predicted octanol–water partition coefficient (Wildman–Crippen LogP) is 2.73. The number of rotatable bonds is 5. The Morgan fingerprint density at radius 3 is 2.31 bits per heavy atom. The molecule has 0 aliphatic carbocycles. The van der Waals surface area contributed by atoms with E-state index in [9.17, 15) is 9.59 Å². The van der Waals surface area contributed by atoms with Crippen LogP contribution < -0.4 is 5.32 Å². The molecule has 0 saturated carbocycles. The number of cyclic esters (lactones) is 1. The van der Waals surface area contributed by atoms with Crippen molar-refractivity contribution in [2.24, 2.45) is 0 Å². The highest BCUT2D eigenvalue weighted by atomic mass is 79.9. The standard InChI is InChI=1S/C21H19NO6.BrH/c1-25-16-12-17(23)26-20(16)19(14-8-4-2-5-9-14)21(15-10-6-3-7-11-15)22-13-18(24)27-28-21;/h2-12,19-20,22H,13H2,1H3;1H. The number of hydrogen-bond acceptors (Lipinski definition) is 7. The molecule has 2 aromatic carbocycles. The molecule has 3 atom stereocenters. The number of ether oxygens (including phenoxy) is 2. The highest BCUT2D eigenvalue weighted by Crippen LogP contribution is 2.46. The van der Waals surface area contributed by atoms with E-state index in [0.29, 0.717) is 5.76 Å². The van der Waals surface area contributed by atoms with Crippen LogP contribution in [-0.2, 0) is 34.6 Å². The number of halogens is 1. The number of carbonyl (C=O) groups is 2. The fraction of sp³-hybridized carbons (Fsp3) is 0.238. The largest absolute Gasteiger partial charge is 0.497 e. The number of methoxy groups -OCH3 is 1. The maximum Gasteiger partial charge on any atom is 0.356 e. The van der Waals surface area contributed by atoms with Gasteiger partial charge in [-0.1, -0.05) is 60.7 Å². The van der Waals surface area contributed by atoms with E-state index in [0.717, 1.165) is 11.1 Å². The lowest BCUT2D eigenvalue weighted by molar-refractivity contribution is -0.371. The first kappa shape index (κ1) is 21.0. The summed E-state index contributed by atoms with van der Waals surface area (Å²) in [5, 5.41) is 3.16. The second-order valence-electron chi connectivity index (χ2n) is 6.49. The first-order valence-corrected chi connectivity index (χ1v) is 8.84. The van der Waals surface area contributed by atoms with Gasteiger partial charge in [0, 0.05) is 5.56 Å². The summed E-state index contributed by atoms with van der Waals surface area (Å²) in [7, 11) is 1.48. The molecule has 4 rings (SSSR count). The molecule has 152 valence electrons. The van der Waals surface area contributed by atoms with Crippen molar-refractivity contribution >= 4 is 28.9 Å². The second-order valence-corrected chi connectivity index (χ2v) is 6.49. The van der Waals surface area contributed by atoms with Crippen LogP contribution in [0.3, 0.4) is 0 Å². The Hall–Kier alpha value is -2.68. The van der Waals surface area contributed by atoms with Crippen molar-refractivity contribution < 1.29 is 28.8 Å². The monoisotopic (exact) mass is 461 g/mol. The topological polar surface area (TPSA) is 83.1 Å². The van der Waals surface area contributed by atoms with Gasteiger partial charge < -0.3 is 9.47 Å². The van der Waals surface area contributed by atoms with E-state index in [1.807, 2.05) is 60.7 Å². The molecule has 0 aromatic heterocycles. The molecule has 3 unspecified atom stereocenters. The van der Waals surface area contributed by atoms with Gasteiger partial charge in [0.25, 0.3) is 0 Å². The summed E-state index contributed by atoms with van der Waals surface area (Å²) in [6, 6.07) is 18.7. The Morgan fingerprint density at radius 2 is 1.72 bits per heavy atom. The smallest absolute Gasteiger partial charge is 0.356 e. The van der Waals surface area contributed by atoms with Crippen molar-refractivity contribution in [3.63, 3.8) is 0 Å². The van der Waals surface area contributed by atoms with Crippen molar-refractivity contribution in [2.75, 3.05) is 13.7 Å². The van der Waals surface area contributed by atoms with Crippen LogP contribution in [0.4, 0.5) is 0 Å². The predicted molar refractivity (Wildman–Crippen MR) is 108 cm³/mol. The normalized spacial score (nSPS) is 24.6. The minimum Gasteiger partial charge on any atom is -0.497 e. The number of hydrogen-bond donors (Lipinski definition) is 1. The molecule has 2 aromatic rings. The third kappa shape index (κ3) is 3.91. The Bertz CT molecular complexity index is 892. The Labute approximate surface area is 178 Å². The van der Waals surface area contributed by atoms with E-state index in [2.05, 4.69) is 5.32 Å². The second kappa shape index (κ2) is 8.77. The number of nitrogens with one attached hydrogen (secondary N) is 1. The SMILES string of the molecule is Br.COC1=CC(=O)OC1C(c1ccccc1)C1(c2ccccc2)NCC(=O)OO1. The van der Waals surface area contributed by atoms with Gasteiger partial charge in [-0.3, -0.25) is 10.2 Å². The zero-order chi connectivity index (χ0) is 19.6. The lowest BCUT2D eigenvalue weighted by atomic mass is 9.79. The average molecular weight is 462 g/mol. The van der Waals surface area contributed by atoms with Crippen molar-refractivity contribution in [1.29, 1.82) is 0 Å². The lowest BCUT2D eigenvalue weighted by Gasteiger charge is -2.43. The molecule has 2 aliphatic heterocycles. The number of benzene rings is 2. The van der Waals surface area contributed by atoms with Gasteiger partial charge in [-0.05, 0) is 5.56 Å². The quantitative estimate of drug-likeness (QED) is 0.541. The number of carbonyl (C=O) groups excluding carboxylic acids is 2. The third-order valence-corrected chi connectivity index (χ3v) is 4.88. The maximum atomic E-state index is 12.0. The third-order valence-electron chi connectivity index (χ3n) is 4.88. The van der Waals surface area contributed by atoms with Gasteiger partial charge in [0.1, 0.15) is 12.3 Å². The van der Waals surface area contributed by atoms with E-state index in [-0.39, 0.29) is 23.5 Å². The molecule has 7 nitrogen and oxygen atoms in total. The molecule has 2 heterocycles. The molecule has 1 saturated heterocycles. The van der Waals surface area contributed by atoms with Crippen LogP contribution in [0.5, 0.6) is 0 Å². The molecule has 0 bridgehead atoms. The molecule has 0 radical (unpaired) electrons. The van der Waals surface area contributed by atoms with Crippen molar-refractivity contribution in [3.05, 3.63) is 83.6 Å². The summed E-state index contributed by atoms with van der Waals surface area (Å²) in [5.74, 6) is -1.26. The Morgan fingerprint density at radius 1 is 1.07 bits per heavy atom. The van der Waals surface area contributed by atoms with Crippen LogP contribution in [-0.4, -0.2) is 31.7 Å². The van der Waals surface area contributed by atoms with Crippen molar-refractivity contribution in [2.45, 2.75) is 17.7 Å². The highest BCUT2D eigenvalue weighted by Gasteiger charge is 2.54. The Kier molecular flexibility index (Phi) is 6.36. The molecule has 8 heteroatoms. The minimum atomic E-state index is -1.29. The van der Waals surface area contributed by atoms with Crippen LogP contribution >= 0.6 is 17.0 Å². The molecule has 2 aliphatic rings. The van der Waals surface area contributed by atoms with E-state index in [4.69, 9.17) is 19.2 Å². The van der Waals surface area contributed by atoms with Gasteiger partial charge in [0.05, 0.1) is 19.1 Å². The average Bonchev–Trinajstić information content (AvgIpc) is 3.11. The van der Waals surface area contributed by atoms with Crippen LogP contribution in [0.2, 0.25) is 0 Å². The first-order valence-electron chi connectivity index (χ1n) is 8.84. The summed E-state index contributed by atoms with van der Waals surface area (Å²) in [6.45, 7) is -0.0646. The molecule has 29 heavy (non-hydrogen) atoms. The van der Waals surface area contributed by atoms with E-state index < -0.39 is 29.7 Å². The fourth-order valence-electron chi connectivity index (χ4n) is 3.66. The van der Waals surface area contributed by atoms with Crippen LogP contribution in [0.15, 0.2) is 72.5 Å². The van der Waals surface area contributed by atoms with Gasteiger partial charge in [-0.25, -0.2) is 9.59 Å². The molecule has 1 fully saturated rings. The maximum absolute atomic E-state index is 12.0. The number of esters is 1. The lowest BCUT2D eigenvalue weighted by Crippen LogP contribution is -2.58. The molecule has 1 N–H and O–H groups in total. The zero-order valence-corrected chi connectivity index (χ0v) is 17.3. The fourth-order valence-corrected chi connectivity index (χ4v) is 3.66. The van der Waals surface area contributed by atoms with Crippen LogP contribution in [0.25, 0.3) is 0 Å². The summed E-state index contributed by atoms with van der Waals surface area (Å²) >= 11 is 0. The summed E-state index contributed by atoms with van der Waals surface area (Å²) in [4.78, 5) is 34.4. The van der Waals surface area contributed by atoms with E-state index in [1.165, 1.54) is 13.2 Å². The molecular weight excluding hydrogens is 442 g/mol. The Balaban J connectivity index is 0.00000240. The van der Waals surface area contributed by atoms with Gasteiger partial charge >= 0.3 is 11.9 Å². The van der Waals surface area contributed by atoms with Crippen molar-refractivity contribution in [1.82, 2.24) is 5.32 Å². The summed E-state index contributed by atoms with van der Waals surface area (Å²) < 4.78 is 11.0. The van der Waals surface area contributed by atoms with E-state index in [1.54, 1.807) is 0 Å². The van der Waals surface area contributed by atoms with Crippen LogP contribution in [0, 0.1) is 0 Å². The first-order chi connectivity index (χ1) is 13.6. The van der Waals surface area contributed by atoms with E-state index >= 15 is 0 Å². The van der Waals surface area contributed by atoms with Gasteiger partial charge in [0.2, 0.25) is 5.72 Å². The van der Waals surface area contributed by atoms with Gasteiger partial charge in [-0.2, -0.15) is 4.89 Å². The molecule has 0 spiro atoms. The van der Waals surface area contributed by atoms with Crippen molar-refractivity contribution in [3.8, 4) is 0 Å².